The zero-order valence-corrected chi connectivity index (χ0v) is 11.9. The highest BCUT2D eigenvalue weighted by atomic mass is 16.5. The van der Waals surface area contributed by atoms with Gasteiger partial charge >= 0.3 is 0 Å². The predicted molar refractivity (Wildman–Crippen MR) is 84.4 cm³/mol. The average molecular weight is 284 g/mol. The van der Waals surface area contributed by atoms with Crippen molar-refractivity contribution < 1.29 is 9.53 Å². The molecule has 3 N–H and O–H groups in total. The molecule has 0 saturated carbocycles. The van der Waals surface area contributed by atoms with Gasteiger partial charge in [0.25, 0.3) is 5.91 Å². The summed E-state index contributed by atoms with van der Waals surface area (Å²) < 4.78 is 5.27. The number of benzene rings is 2. The maximum atomic E-state index is 10.7. The fraction of sp³-hybridized carbons (Fsp3) is 0.235. The van der Waals surface area contributed by atoms with Crippen LogP contribution in [0.25, 0.3) is 0 Å². The number of carbonyl (C=O) groups is 1. The van der Waals surface area contributed by atoms with E-state index in [4.69, 9.17) is 10.5 Å². The van der Waals surface area contributed by atoms with E-state index < -0.39 is 5.91 Å². The summed E-state index contributed by atoms with van der Waals surface area (Å²) >= 11 is 0. The maximum absolute atomic E-state index is 10.7. The summed E-state index contributed by atoms with van der Waals surface area (Å²) in [6, 6.07) is 17.9. The average Bonchev–Trinajstić information content (AvgIpc) is 2.51. The highest BCUT2D eigenvalue weighted by molar-refractivity contribution is 5.75. The molecule has 0 aliphatic carbocycles. The Kier molecular flexibility index (Phi) is 5.64. The first-order valence-electron chi connectivity index (χ1n) is 7.03. The van der Waals surface area contributed by atoms with Gasteiger partial charge in [0, 0.05) is 18.3 Å². The second-order valence-electron chi connectivity index (χ2n) is 4.80. The van der Waals surface area contributed by atoms with Crippen molar-refractivity contribution in [2.45, 2.75) is 12.8 Å². The van der Waals surface area contributed by atoms with Crippen molar-refractivity contribution in [1.82, 2.24) is 0 Å². The molecule has 0 aliphatic heterocycles. The molecule has 4 nitrogen and oxygen atoms in total. The fourth-order valence-electron chi connectivity index (χ4n) is 2.02. The first kappa shape index (κ1) is 14.9. The zero-order valence-electron chi connectivity index (χ0n) is 11.9. The second-order valence-corrected chi connectivity index (χ2v) is 4.80. The van der Waals surface area contributed by atoms with Crippen molar-refractivity contribution in [3.63, 3.8) is 0 Å². The minimum atomic E-state index is -0.476. The Balaban J connectivity index is 1.75. The van der Waals surface area contributed by atoms with E-state index in [9.17, 15) is 4.79 Å². The number of carbonyl (C=O) groups excluding carboxylic acids is 1. The normalized spacial score (nSPS) is 10.1. The SMILES string of the molecule is NC(=O)COc1cccc(NCCCc2ccccc2)c1. The summed E-state index contributed by atoms with van der Waals surface area (Å²) in [5.41, 5.74) is 7.37. The van der Waals surface area contributed by atoms with Gasteiger partial charge in [-0.2, -0.15) is 0 Å². The Morgan fingerprint density at radius 1 is 1.10 bits per heavy atom. The second kappa shape index (κ2) is 7.94. The molecule has 0 atom stereocenters. The summed E-state index contributed by atoms with van der Waals surface area (Å²) in [6.45, 7) is 0.783. The van der Waals surface area contributed by atoms with E-state index in [1.54, 1.807) is 6.07 Å². The monoisotopic (exact) mass is 284 g/mol. The third kappa shape index (κ3) is 5.57. The summed E-state index contributed by atoms with van der Waals surface area (Å²) in [7, 11) is 0. The molecule has 0 saturated heterocycles. The van der Waals surface area contributed by atoms with Crippen LogP contribution in [0.5, 0.6) is 5.75 Å². The largest absolute Gasteiger partial charge is 0.484 e. The topological polar surface area (TPSA) is 64.4 Å². The molecule has 2 rings (SSSR count). The number of nitrogens with two attached hydrogens (primary N) is 1. The Labute approximate surface area is 124 Å². The van der Waals surface area contributed by atoms with E-state index in [-0.39, 0.29) is 6.61 Å². The molecule has 2 aromatic carbocycles. The van der Waals surface area contributed by atoms with E-state index in [0.717, 1.165) is 25.1 Å². The van der Waals surface area contributed by atoms with Crippen molar-refractivity contribution in [3.05, 3.63) is 60.2 Å². The number of amides is 1. The van der Waals surface area contributed by atoms with Gasteiger partial charge in [-0.3, -0.25) is 4.79 Å². The molecule has 0 radical (unpaired) electrons. The number of rotatable bonds is 8. The van der Waals surface area contributed by atoms with Crippen LogP contribution in [0.4, 0.5) is 5.69 Å². The van der Waals surface area contributed by atoms with Crippen LogP contribution in [0.15, 0.2) is 54.6 Å². The van der Waals surface area contributed by atoms with E-state index in [0.29, 0.717) is 5.75 Å². The summed E-state index contributed by atoms with van der Waals surface area (Å²) in [5, 5.41) is 3.35. The summed E-state index contributed by atoms with van der Waals surface area (Å²) in [5.74, 6) is 0.165. The van der Waals surface area contributed by atoms with Gasteiger partial charge in [0.05, 0.1) is 0 Å². The lowest BCUT2D eigenvalue weighted by atomic mass is 10.1. The lowest BCUT2D eigenvalue weighted by Crippen LogP contribution is -2.20. The van der Waals surface area contributed by atoms with Gasteiger partial charge in [-0.15, -0.1) is 0 Å². The minimum absolute atomic E-state index is 0.0997. The zero-order chi connectivity index (χ0) is 14.9. The number of nitrogens with one attached hydrogen (secondary N) is 1. The van der Waals surface area contributed by atoms with Gasteiger partial charge in [-0.1, -0.05) is 36.4 Å². The molecule has 0 bridgehead atoms. The highest BCUT2D eigenvalue weighted by Gasteiger charge is 1.99. The van der Waals surface area contributed by atoms with Crippen LogP contribution in [0.1, 0.15) is 12.0 Å². The highest BCUT2D eigenvalue weighted by Crippen LogP contribution is 2.17. The number of primary amides is 1. The third-order valence-corrected chi connectivity index (χ3v) is 3.03. The molecule has 0 heterocycles. The number of hydrogen-bond donors (Lipinski definition) is 2. The Bertz CT molecular complexity index is 570. The molecule has 110 valence electrons. The van der Waals surface area contributed by atoms with Crippen LogP contribution in [0, 0.1) is 0 Å². The van der Waals surface area contributed by atoms with E-state index in [1.165, 1.54) is 5.56 Å². The molecular formula is C17H20N2O2. The number of hydrogen-bond acceptors (Lipinski definition) is 3. The van der Waals surface area contributed by atoms with Crippen LogP contribution in [-0.4, -0.2) is 19.1 Å². The lowest BCUT2D eigenvalue weighted by Gasteiger charge is -2.09. The van der Waals surface area contributed by atoms with Crippen molar-refractivity contribution >= 4 is 11.6 Å². The molecule has 0 unspecified atom stereocenters. The van der Waals surface area contributed by atoms with Gasteiger partial charge in [0.15, 0.2) is 6.61 Å². The standard InChI is InChI=1S/C17H20N2O2/c18-17(20)13-21-16-10-4-9-15(12-16)19-11-5-8-14-6-2-1-3-7-14/h1-4,6-7,9-10,12,19H,5,8,11,13H2,(H2,18,20). The Morgan fingerprint density at radius 2 is 1.90 bits per heavy atom. The van der Waals surface area contributed by atoms with Gasteiger partial charge in [0.2, 0.25) is 0 Å². The molecule has 2 aromatic rings. The Hall–Kier alpha value is -2.49. The predicted octanol–water partition coefficient (Wildman–Crippen LogP) is 2.60. The molecule has 4 heteroatoms. The van der Waals surface area contributed by atoms with Gasteiger partial charge in [-0.05, 0) is 30.5 Å². The maximum Gasteiger partial charge on any atom is 0.255 e. The van der Waals surface area contributed by atoms with E-state index in [2.05, 4.69) is 29.6 Å². The molecule has 0 aliphatic rings. The molecule has 1 amide bonds. The number of ether oxygens (including phenoxy) is 1. The van der Waals surface area contributed by atoms with Gasteiger partial charge < -0.3 is 15.8 Å². The molecule has 21 heavy (non-hydrogen) atoms. The van der Waals surface area contributed by atoms with Crippen LogP contribution in [0.3, 0.4) is 0 Å². The van der Waals surface area contributed by atoms with Gasteiger partial charge in [-0.25, -0.2) is 0 Å². The molecular weight excluding hydrogens is 264 g/mol. The van der Waals surface area contributed by atoms with Crippen LogP contribution < -0.4 is 15.8 Å². The minimum Gasteiger partial charge on any atom is -0.484 e. The summed E-state index contributed by atoms with van der Waals surface area (Å²) in [4.78, 5) is 10.7. The van der Waals surface area contributed by atoms with E-state index in [1.807, 2.05) is 24.3 Å². The van der Waals surface area contributed by atoms with Crippen molar-refractivity contribution in [1.29, 1.82) is 0 Å². The van der Waals surface area contributed by atoms with Crippen molar-refractivity contribution in [2.24, 2.45) is 5.73 Å². The lowest BCUT2D eigenvalue weighted by molar-refractivity contribution is -0.119. The summed E-state index contributed by atoms with van der Waals surface area (Å²) in [6.07, 6.45) is 2.10. The molecule has 0 aromatic heterocycles. The van der Waals surface area contributed by atoms with Crippen LogP contribution in [0.2, 0.25) is 0 Å². The van der Waals surface area contributed by atoms with Crippen LogP contribution >= 0.6 is 0 Å². The van der Waals surface area contributed by atoms with Crippen molar-refractivity contribution in [2.75, 3.05) is 18.5 Å². The first-order valence-corrected chi connectivity index (χ1v) is 7.03. The molecule has 0 spiro atoms. The van der Waals surface area contributed by atoms with E-state index >= 15 is 0 Å². The van der Waals surface area contributed by atoms with Crippen LogP contribution in [-0.2, 0) is 11.2 Å². The van der Waals surface area contributed by atoms with Crippen molar-refractivity contribution in [3.8, 4) is 5.75 Å². The Morgan fingerprint density at radius 3 is 2.67 bits per heavy atom. The van der Waals surface area contributed by atoms with Gasteiger partial charge in [0.1, 0.15) is 5.75 Å². The first-order chi connectivity index (χ1) is 10.2. The molecule has 0 fully saturated rings. The fourth-order valence-corrected chi connectivity index (χ4v) is 2.02. The smallest absolute Gasteiger partial charge is 0.255 e. The number of aryl methyl sites for hydroxylation is 1. The quantitative estimate of drug-likeness (QED) is 0.732. The third-order valence-electron chi connectivity index (χ3n) is 3.03. The number of anilines is 1.